The summed E-state index contributed by atoms with van der Waals surface area (Å²) in [6.07, 6.45) is 0. The molecule has 0 atom stereocenters. The van der Waals surface area contributed by atoms with Gasteiger partial charge in [-0.05, 0) is 36.8 Å². The highest BCUT2D eigenvalue weighted by Gasteiger charge is 2.19. The molecule has 0 amide bonds. The molecule has 1 aromatic heterocycles. The zero-order chi connectivity index (χ0) is 16.2. The van der Waals surface area contributed by atoms with Crippen molar-refractivity contribution in [1.29, 1.82) is 0 Å². The topological polar surface area (TPSA) is 52.3 Å². The van der Waals surface area contributed by atoms with Crippen molar-refractivity contribution in [3.05, 3.63) is 77.4 Å². The summed E-state index contributed by atoms with van der Waals surface area (Å²) in [7, 11) is 0. The second-order valence-corrected chi connectivity index (χ2v) is 4.99. The predicted molar refractivity (Wildman–Crippen MR) is 82.2 cm³/mol. The molecule has 0 spiro atoms. The average Bonchev–Trinajstić information content (AvgIpc) is 2.97. The van der Waals surface area contributed by atoms with Crippen LogP contribution in [0.3, 0.4) is 0 Å². The van der Waals surface area contributed by atoms with Crippen molar-refractivity contribution in [3.8, 4) is 11.5 Å². The third-order valence-corrected chi connectivity index (χ3v) is 3.29. The van der Waals surface area contributed by atoms with Gasteiger partial charge in [0.2, 0.25) is 5.89 Å². The Morgan fingerprint density at radius 2 is 1.83 bits per heavy atom. The number of aryl methyl sites for hydroxylation is 1. The Morgan fingerprint density at radius 1 is 1.13 bits per heavy atom. The molecule has 0 radical (unpaired) electrons. The van der Waals surface area contributed by atoms with Gasteiger partial charge in [0, 0.05) is 5.56 Å². The maximum atomic E-state index is 12.8. The summed E-state index contributed by atoms with van der Waals surface area (Å²) in [5, 5.41) is 0. The van der Waals surface area contributed by atoms with E-state index in [0.717, 1.165) is 5.56 Å². The zero-order valence-corrected chi connectivity index (χ0v) is 12.5. The van der Waals surface area contributed by atoms with Gasteiger partial charge in [0.1, 0.15) is 18.2 Å². The first-order chi connectivity index (χ1) is 11.1. The minimum atomic E-state index is -0.572. The number of rotatable bonds is 4. The fraction of sp³-hybridized carbons (Fsp3) is 0.111. The Kier molecular flexibility index (Phi) is 4.19. The fourth-order valence-electron chi connectivity index (χ4n) is 2.09. The Morgan fingerprint density at radius 3 is 2.52 bits per heavy atom. The molecule has 0 aliphatic carbocycles. The van der Waals surface area contributed by atoms with Crippen LogP contribution in [0.4, 0.5) is 4.39 Å². The maximum absolute atomic E-state index is 12.8. The highest BCUT2D eigenvalue weighted by atomic mass is 19.1. The third-order valence-electron chi connectivity index (χ3n) is 3.29. The lowest BCUT2D eigenvalue weighted by atomic mass is 10.2. The fourth-order valence-corrected chi connectivity index (χ4v) is 2.09. The molecule has 0 aliphatic rings. The Bertz CT molecular complexity index is 810. The number of nitrogens with zero attached hydrogens (tertiary/aromatic N) is 1. The lowest BCUT2D eigenvalue weighted by Gasteiger charge is -2.03. The molecule has 0 saturated carbocycles. The van der Waals surface area contributed by atoms with Crippen LogP contribution in [0.5, 0.6) is 0 Å². The van der Waals surface area contributed by atoms with Gasteiger partial charge in [-0.1, -0.05) is 30.3 Å². The van der Waals surface area contributed by atoms with Crippen LogP contribution < -0.4 is 0 Å². The van der Waals surface area contributed by atoms with Gasteiger partial charge < -0.3 is 9.15 Å². The normalized spacial score (nSPS) is 10.5. The van der Waals surface area contributed by atoms with Gasteiger partial charge in [-0.2, -0.15) is 0 Å². The SMILES string of the molecule is Cc1oc(-c2ccccc2)nc1C(=O)OCc1ccc(F)cc1. The Hall–Kier alpha value is -2.95. The highest BCUT2D eigenvalue weighted by molar-refractivity contribution is 5.88. The molecule has 0 N–H and O–H groups in total. The number of oxazole rings is 1. The van der Waals surface area contributed by atoms with Crippen LogP contribution in [0, 0.1) is 12.7 Å². The third kappa shape index (κ3) is 3.45. The molecule has 0 fully saturated rings. The number of esters is 1. The molecular weight excluding hydrogens is 297 g/mol. The average molecular weight is 311 g/mol. The summed E-state index contributed by atoms with van der Waals surface area (Å²) in [5.41, 5.74) is 1.63. The minimum Gasteiger partial charge on any atom is -0.456 e. The summed E-state index contributed by atoms with van der Waals surface area (Å²) in [4.78, 5) is 16.3. The maximum Gasteiger partial charge on any atom is 0.360 e. The summed E-state index contributed by atoms with van der Waals surface area (Å²) in [5.74, 6) is -0.137. The van der Waals surface area contributed by atoms with Crippen LogP contribution in [0.15, 0.2) is 59.0 Å². The Balaban J connectivity index is 1.72. The number of aromatic nitrogens is 1. The first-order valence-electron chi connectivity index (χ1n) is 7.08. The van der Waals surface area contributed by atoms with E-state index in [1.54, 1.807) is 19.1 Å². The van der Waals surface area contributed by atoms with Gasteiger partial charge in [0.15, 0.2) is 5.69 Å². The van der Waals surface area contributed by atoms with E-state index in [9.17, 15) is 9.18 Å². The molecule has 0 unspecified atom stereocenters. The molecule has 1 heterocycles. The van der Waals surface area contributed by atoms with Crippen molar-refractivity contribution in [1.82, 2.24) is 4.98 Å². The molecular formula is C18H14FNO3. The minimum absolute atomic E-state index is 0.0477. The van der Waals surface area contributed by atoms with Crippen LogP contribution in [-0.2, 0) is 11.3 Å². The number of carbonyl (C=O) groups excluding carboxylic acids is 1. The van der Waals surface area contributed by atoms with Crippen LogP contribution >= 0.6 is 0 Å². The molecule has 0 bridgehead atoms. The van der Waals surface area contributed by atoms with Crippen molar-refractivity contribution in [2.24, 2.45) is 0 Å². The standard InChI is InChI=1S/C18H14FNO3/c1-12-16(20-17(23-12)14-5-3-2-4-6-14)18(21)22-11-13-7-9-15(19)10-8-13/h2-10H,11H2,1H3. The summed E-state index contributed by atoms with van der Waals surface area (Å²) in [6.45, 7) is 1.71. The zero-order valence-electron chi connectivity index (χ0n) is 12.5. The number of hydrogen-bond acceptors (Lipinski definition) is 4. The van der Waals surface area contributed by atoms with E-state index in [1.165, 1.54) is 12.1 Å². The van der Waals surface area contributed by atoms with Gasteiger partial charge in [0.25, 0.3) is 0 Å². The van der Waals surface area contributed by atoms with Crippen LogP contribution in [0.25, 0.3) is 11.5 Å². The number of benzene rings is 2. The molecule has 116 valence electrons. The lowest BCUT2D eigenvalue weighted by Crippen LogP contribution is -2.07. The first-order valence-corrected chi connectivity index (χ1v) is 7.08. The predicted octanol–water partition coefficient (Wildman–Crippen LogP) is 4.15. The van der Waals surface area contributed by atoms with E-state index in [0.29, 0.717) is 17.2 Å². The monoisotopic (exact) mass is 311 g/mol. The Labute approximate surface area is 132 Å². The van der Waals surface area contributed by atoms with Gasteiger partial charge in [-0.3, -0.25) is 0 Å². The quantitative estimate of drug-likeness (QED) is 0.679. The molecule has 3 rings (SSSR count). The molecule has 0 aliphatic heterocycles. The van der Waals surface area contributed by atoms with Crippen molar-refractivity contribution in [2.75, 3.05) is 0 Å². The van der Waals surface area contributed by atoms with E-state index >= 15 is 0 Å². The molecule has 2 aromatic carbocycles. The number of halogens is 1. The molecule has 0 saturated heterocycles. The van der Waals surface area contributed by atoms with E-state index in [4.69, 9.17) is 9.15 Å². The molecule has 4 nitrogen and oxygen atoms in total. The molecule has 23 heavy (non-hydrogen) atoms. The van der Waals surface area contributed by atoms with Crippen LogP contribution in [0.1, 0.15) is 21.8 Å². The van der Waals surface area contributed by atoms with Gasteiger partial charge in [-0.25, -0.2) is 14.2 Å². The highest BCUT2D eigenvalue weighted by Crippen LogP contribution is 2.22. The largest absolute Gasteiger partial charge is 0.456 e. The van der Waals surface area contributed by atoms with E-state index in [-0.39, 0.29) is 18.1 Å². The smallest absolute Gasteiger partial charge is 0.360 e. The van der Waals surface area contributed by atoms with E-state index in [2.05, 4.69) is 4.98 Å². The van der Waals surface area contributed by atoms with Crippen molar-refractivity contribution in [2.45, 2.75) is 13.5 Å². The van der Waals surface area contributed by atoms with Crippen molar-refractivity contribution >= 4 is 5.97 Å². The van der Waals surface area contributed by atoms with Crippen LogP contribution in [-0.4, -0.2) is 11.0 Å². The number of ether oxygens (including phenoxy) is 1. The number of carbonyl (C=O) groups is 1. The molecule has 5 heteroatoms. The first kappa shape index (κ1) is 15.0. The summed E-state index contributed by atoms with van der Waals surface area (Å²) < 4.78 is 23.6. The van der Waals surface area contributed by atoms with Crippen molar-refractivity contribution in [3.63, 3.8) is 0 Å². The van der Waals surface area contributed by atoms with Crippen molar-refractivity contribution < 1.29 is 18.3 Å². The summed E-state index contributed by atoms with van der Waals surface area (Å²) >= 11 is 0. The van der Waals surface area contributed by atoms with E-state index in [1.807, 2.05) is 30.3 Å². The van der Waals surface area contributed by atoms with E-state index < -0.39 is 5.97 Å². The second-order valence-electron chi connectivity index (χ2n) is 4.99. The second kappa shape index (κ2) is 6.44. The lowest BCUT2D eigenvalue weighted by molar-refractivity contribution is 0.0464. The van der Waals surface area contributed by atoms with Crippen LogP contribution in [0.2, 0.25) is 0 Å². The summed E-state index contributed by atoms with van der Waals surface area (Å²) in [6, 6.07) is 15.1. The van der Waals surface area contributed by atoms with Gasteiger partial charge >= 0.3 is 5.97 Å². The number of hydrogen-bond donors (Lipinski definition) is 0. The van der Waals surface area contributed by atoms with Gasteiger partial charge in [0.05, 0.1) is 0 Å². The molecule has 3 aromatic rings. The van der Waals surface area contributed by atoms with Gasteiger partial charge in [-0.15, -0.1) is 0 Å².